The number of benzene rings is 1. The van der Waals surface area contributed by atoms with E-state index in [1.165, 1.54) is 24.1 Å². The van der Waals surface area contributed by atoms with Crippen molar-refractivity contribution in [3.63, 3.8) is 0 Å². The number of hydrogen-bond donors (Lipinski definition) is 1. The van der Waals surface area contributed by atoms with E-state index in [2.05, 4.69) is 5.32 Å². The van der Waals surface area contributed by atoms with E-state index in [0.29, 0.717) is 21.1 Å². The van der Waals surface area contributed by atoms with Gasteiger partial charge in [-0.05, 0) is 24.3 Å². The lowest BCUT2D eigenvalue weighted by Crippen LogP contribution is -2.38. The first-order chi connectivity index (χ1) is 11.2. The first-order valence-electron chi connectivity index (χ1n) is 6.97. The van der Waals surface area contributed by atoms with Crippen LogP contribution in [-0.2, 0) is 14.4 Å². The zero-order valence-corrected chi connectivity index (χ0v) is 13.4. The molecule has 1 aliphatic heterocycles. The fourth-order valence-corrected chi connectivity index (χ4v) is 2.05. The summed E-state index contributed by atoms with van der Waals surface area (Å²) < 4.78 is 0. The van der Waals surface area contributed by atoms with E-state index >= 15 is 0 Å². The molecule has 1 aromatic rings. The molecule has 1 saturated heterocycles. The summed E-state index contributed by atoms with van der Waals surface area (Å²) >= 11 is 0. The predicted octanol–water partition coefficient (Wildman–Crippen LogP) is -0.252. The number of rotatable bonds is 4. The van der Waals surface area contributed by atoms with Gasteiger partial charge in [0.25, 0.3) is 5.91 Å². The van der Waals surface area contributed by atoms with Gasteiger partial charge in [-0.15, -0.1) is 0 Å². The molecular formula is C15H16N4O5. The maximum Gasteiger partial charge on any atom is 0.334 e. The second-order valence-corrected chi connectivity index (χ2v) is 5.36. The molecule has 24 heavy (non-hydrogen) atoms. The van der Waals surface area contributed by atoms with Gasteiger partial charge in [0.05, 0.1) is 0 Å². The summed E-state index contributed by atoms with van der Waals surface area (Å²) in [6.45, 7) is -0.563. The van der Waals surface area contributed by atoms with E-state index in [4.69, 9.17) is 0 Å². The molecule has 126 valence electrons. The van der Waals surface area contributed by atoms with Crippen LogP contribution in [0.15, 0.2) is 24.3 Å². The van der Waals surface area contributed by atoms with Crippen LogP contribution >= 0.6 is 0 Å². The van der Waals surface area contributed by atoms with E-state index in [0.717, 1.165) is 0 Å². The standard InChI is InChI=1S/C15H16N4O5/c1-17(2)12(21)9-4-6-10(7-5-9)16-11(20)8-19-14(23)13(22)18(3)15(19)24/h4-7H,8H2,1-3H3,(H,16,20). The zero-order valence-electron chi connectivity index (χ0n) is 13.4. The Balaban J connectivity index is 2.00. The summed E-state index contributed by atoms with van der Waals surface area (Å²) in [5.41, 5.74) is 0.851. The van der Waals surface area contributed by atoms with Gasteiger partial charge in [0.1, 0.15) is 6.54 Å². The van der Waals surface area contributed by atoms with Gasteiger partial charge in [0, 0.05) is 32.4 Å². The molecule has 2 rings (SSSR count). The largest absolute Gasteiger partial charge is 0.345 e. The van der Waals surface area contributed by atoms with Crippen LogP contribution in [-0.4, -0.2) is 72.0 Å². The Morgan fingerprint density at radius 2 is 1.62 bits per heavy atom. The molecule has 0 aliphatic carbocycles. The van der Waals surface area contributed by atoms with Gasteiger partial charge in [0.15, 0.2) is 0 Å². The van der Waals surface area contributed by atoms with E-state index < -0.39 is 30.3 Å². The minimum atomic E-state index is -1.04. The molecule has 0 saturated carbocycles. The van der Waals surface area contributed by atoms with Crippen molar-refractivity contribution in [2.45, 2.75) is 0 Å². The molecule has 1 N–H and O–H groups in total. The van der Waals surface area contributed by atoms with Crippen molar-refractivity contribution in [2.24, 2.45) is 0 Å². The molecular weight excluding hydrogens is 316 g/mol. The van der Waals surface area contributed by atoms with Crippen LogP contribution in [0.25, 0.3) is 0 Å². The highest BCUT2D eigenvalue weighted by atomic mass is 16.2. The van der Waals surface area contributed by atoms with Crippen LogP contribution < -0.4 is 5.32 Å². The second-order valence-electron chi connectivity index (χ2n) is 5.36. The number of nitrogens with one attached hydrogen (secondary N) is 1. The molecule has 0 aromatic heterocycles. The summed E-state index contributed by atoms with van der Waals surface area (Å²) in [6.07, 6.45) is 0. The maximum absolute atomic E-state index is 11.9. The molecule has 1 aromatic carbocycles. The fourth-order valence-electron chi connectivity index (χ4n) is 2.05. The van der Waals surface area contributed by atoms with Crippen LogP contribution in [0.5, 0.6) is 0 Å². The van der Waals surface area contributed by atoms with Gasteiger partial charge in [-0.25, -0.2) is 9.69 Å². The average Bonchev–Trinajstić information content (AvgIpc) is 2.72. The Bertz CT molecular complexity index is 726. The Morgan fingerprint density at radius 3 is 2.08 bits per heavy atom. The number of urea groups is 1. The number of anilines is 1. The second kappa shape index (κ2) is 6.49. The normalized spacial score (nSPS) is 14.2. The summed E-state index contributed by atoms with van der Waals surface area (Å²) in [4.78, 5) is 61.0. The first kappa shape index (κ1) is 17.1. The molecule has 0 unspecified atom stereocenters. The van der Waals surface area contributed by atoms with Gasteiger partial charge < -0.3 is 10.2 Å². The van der Waals surface area contributed by atoms with Crippen LogP contribution in [0.2, 0.25) is 0 Å². The molecule has 1 heterocycles. The minimum Gasteiger partial charge on any atom is -0.345 e. The molecule has 0 radical (unpaired) electrons. The van der Waals surface area contributed by atoms with Crippen molar-refractivity contribution in [3.8, 4) is 0 Å². The third-order valence-electron chi connectivity index (χ3n) is 3.37. The summed E-state index contributed by atoms with van der Waals surface area (Å²) in [7, 11) is 4.42. The fraction of sp³-hybridized carbons (Fsp3) is 0.267. The number of likely N-dealkylation sites (N-methyl/N-ethyl adjacent to an activating group) is 1. The average molecular weight is 332 g/mol. The van der Waals surface area contributed by atoms with Gasteiger partial charge in [-0.2, -0.15) is 0 Å². The van der Waals surface area contributed by atoms with Crippen molar-refractivity contribution in [1.82, 2.24) is 14.7 Å². The van der Waals surface area contributed by atoms with Crippen molar-refractivity contribution in [2.75, 3.05) is 33.0 Å². The quantitative estimate of drug-likeness (QED) is 0.604. The SMILES string of the molecule is CN(C)C(=O)c1ccc(NC(=O)CN2C(=O)C(=O)N(C)C2=O)cc1. The van der Waals surface area contributed by atoms with Gasteiger partial charge >= 0.3 is 17.8 Å². The Morgan fingerprint density at radius 1 is 1.04 bits per heavy atom. The van der Waals surface area contributed by atoms with Crippen LogP contribution in [0.1, 0.15) is 10.4 Å². The molecule has 1 fully saturated rings. The third-order valence-corrected chi connectivity index (χ3v) is 3.37. The number of amides is 6. The Hall–Kier alpha value is -3.23. The van der Waals surface area contributed by atoms with Crippen LogP contribution in [0, 0.1) is 0 Å². The van der Waals surface area contributed by atoms with Crippen molar-refractivity contribution >= 4 is 35.3 Å². The number of hydrogen-bond acceptors (Lipinski definition) is 5. The molecule has 6 amide bonds. The summed E-state index contributed by atoms with van der Waals surface area (Å²) in [5, 5.41) is 2.50. The number of carbonyl (C=O) groups is 5. The third kappa shape index (κ3) is 3.24. The molecule has 1 aliphatic rings. The Labute approximate surface area is 137 Å². The van der Waals surface area contributed by atoms with Crippen LogP contribution in [0.4, 0.5) is 10.5 Å². The number of imide groups is 2. The van der Waals surface area contributed by atoms with Gasteiger partial charge in [-0.3, -0.25) is 24.1 Å². The van der Waals surface area contributed by atoms with E-state index in [9.17, 15) is 24.0 Å². The van der Waals surface area contributed by atoms with E-state index in [-0.39, 0.29) is 5.91 Å². The highest BCUT2D eigenvalue weighted by molar-refractivity contribution is 6.44. The topological polar surface area (TPSA) is 107 Å². The smallest absolute Gasteiger partial charge is 0.334 e. The minimum absolute atomic E-state index is 0.178. The monoisotopic (exact) mass is 332 g/mol. The number of carbonyl (C=O) groups excluding carboxylic acids is 5. The molecule has 9 heteroatoms. The van der Waals surface area contributed by atoms with Gasteiger partial charge in [0.2, 0.25) is 5.91 Å². The van der Waals surface area contributed by atoms with E-state index in [1.54, 1.807) is 26.2 Å². The highest BCUT2D eigenvalue weighted by Crippen LogP contribution is 2.13. The molecule has 0 spiro atoms. The van der Waals surface area contributed by atoms with Crippen molar-refractivity contribution in [1.29, 1.82) is 0 Å². The predicted molar refractivity (Wildman–Crippen MR) is 83.0 cm³/mol. The van der Waals surface area contributed by atoms with Gasteiger partial charge in [-0.1, -0.05) is 0 Å². The summed E-state index contributed by atoms with van der Waals surface area (Å²) in [5.74, 6) is -2.82. The van der Waals surface area contributed by atoms with Crippen LogP contribution in [0.3, 0.4) is 0 Å². The maximum atomic E-state index is 11.9. The van der Waals surface area contributed by atoms with E-state index in [1.807, 2.05) is 0 Å². The lowest BCUT2D eigenvalue weighted by atomic mass is 10.2. The first-order valence-corrected chi connectivity index (χ1v) is 6.97. The van der Waals surface area contributed by atoms with Crippen molar-refractivity contribution in [3.05, 3.63) is 29.8 Å². The highest BCUT2D eigenvalue weighted by Gasteiger charge is 2.42. The lowest BCUT2D eigenvalue weighted by Gasteiger charge is -2.13. The molecule has 0 bridgehead atoms. The molecule has 0 atom stereocenters. The lowest BCUT2D eigenvalue weighted by molar-refractivity contribution is -0.143. The summed E-state index contributed by atoms with van der Waals surface area (Å²) in [6, 6.07) is 5.30. The zero-order chi connectivity index (χ0) is 18.0. The molecule has 9 nitrogen and oxygen atoms in total. The number of nitrogens with zero attached hydrogens (tertiary/aromatic N) is 3. The van der Waals surface area contributed by atoms with Crippen molar-refractivity contribution < 1.29 is 24.0 Å². The Kier molecular flexibility index (Phi) is 4.63.